The van der Waals surface area contributed by atoms with Gasteiger partial charge in [0.05, 0.1) is 6.42 Å². The maximum atomic E-state index is 12.9. The molecule has 6 rings (SSSR count). The molecule has 33 heavy (non-hydrogen) atoms. The molecule has 4 bridgehead atoms. The molecule has 3 amide bonds. The summed E-state index contributed by atoms with van der Waals surface area (Å²) in [7, 11) is 0. The van der Waals surface area contributed by atoms with Gasteiger partial charge in [0.2, 0.25) is 0 Å². The number of fused-ring (bicyclic) bond motifs is 1. The number of ether oxygens (including phenoxy) is 1. The fourth-order valence-electron chi connectivity index (χ4n) is 7.12. The summed E-state index contributed by atoms with van der Waals surface area (Å²) < 4.78 is 5.39. The fraction of sp³-hybridized carbons (Fsp3) is 0.654. The first kappa shape index (κ1) is 22.2. The molecule has 1 aromatic rings. The number of carbonyl (C=O) groups excluding carboxylic acids is 3. The van der Waals surface area contributed by atoms with Crippen molar-refractivity contribution >= 4 is 23.6 Å². The van der Waals surface area contributed by atoms with E-state index in [-0.39, 0.29) is 30.4 Å². The van der Waals surface area contributed by atoms with E-state index in [4.69, 9.17) is 4.74 Å². The lowest BCUT2D eigenvalue weighted by Gasteiger charge is -2.56. The Labute approximate surface area is 195 Å². The molecular formula is C26H35N3O4. The Bertz CT molecular complexity index is 895. The molecule has 1 aliphatic heterocycles. The van der Waals surface area contributed by atoms with Crippen LogP contribution >= 0.6 is 0 Å². The van der Waals surface area contributed by atoms with Crippen LogP contribution in [0.25, 0.3) is 0 Å². The van der Waals surface area contributed by atoms with E-state index in [2.05, 4.69) is 10.6 Å². The first-order valence-corrected chi connectivity index (χ1v) is 12.6. The van der Waals surface area contributed by atoms with Crippen molar-refractivity contribution in [3.05, 3.63) is 29.8 Å². The molecule has 0 radical (unpaired) electrons. The molecule has 0 unspecified atom stereocenters. The Morgan fingerprint density at radius 3 is 2.45 bits per heavy atom. The van der Waals surface area contributed by atoms with Crippen LogP contribution in [0.4, 0.5) is 10.5 Å². The molecule has 0 saturated heterocycles. The minimum Gasteiger partial charge on any atom is -0.452 e. The van der Waals surface area contributed by atoms with Gasteiger partial charge in [-0.05, 0) is 87.7 Å². The number of hydrogen-bond donors (Lipinski definition) is 2. The number of benzene rings is 1. The standard InChI is InChI=1S/C26H35N3O4/c1-17(24(31)29-10-4-6-21-5-2-3-7-22(21)29)33-23(30)8-9-27-25(32)28-26-14-18-11-19(15-26)13-20(12-18)16-26/h2-3,5,7,17-20H,4,6,8-16H2,1H3,(H2,27,28,32)/t17-,18?,19?,20?,26?/m0/s1. The number of aryl methyl sites for hydroxylation is 1. The second kappa shape index (κ2) is 8.99. The molecule has 7 heteroatoms. The first-order chi connectivity index (χ1) is 15.9. The van der Waals surface area contributed by atoms with Gasteiger partial charge in [0.15, 0.2) is 6.10 Å². The molecule has 5 aliphatic rings. The van der Waals surface area contributed by atoms with Gasteiger partial charge in [-0.3, -0.25) is 9.59 Å². The van der Waals surface area contributed by atoms with Crippen molar-refractivity contribution in [3.63, 3.8) is 0 Å². The fourth-order valence-corrected chi connectivity index (χ4v) is 7.12. The van der Waals surface area contributed by atoms with Crippen LogP contribution in [-0.2, 0) is 20.7 Å². The number of carbonyl (C=O) groups is 3. The molecule has 1 aromatic carbocycles. The van der Waals surface area contributed by atoms with Crippen molar-refractivity contribution in [3.8, 4) is 0 Å². The third-order valence-corrected chi connectivity index (χ3v) is 8.06. The second-order valence-corrected chi connectivity index (χ2v) is 10.7. The highest BCUT2D eigenvalue weighted by molar-refractivity contribution is 5.98. The summed E-state index contributed by atoms with van der Waals surface area (Å²) in [5.74, 6) is 1.60. The van der Waals surface area contributed by atoms with Crippen molar-refractivity contribution in [2.75, 3.05) is 18.0 Å². The predicted molar refractivity (Wildman–Crippen MR) is 125 cm³/mol. The van der Waals surface area contributed by atoms with Crippen molar-refractivity contribution in [1.82, 2.24) is 10.6 Å². The van der Waals surface area contributed by atoms with Crippen molar-refractivity contribution in [2.45, 2.75) is 76.4 Å². The Morgan fingerprint density at radius 1 is 1.09 bits per heavy atom. The summed E-state index contributed by atoms with van der Waals surface area (Å²) >= 11 is 0. The van der Waals surface area contributed by atoms with Crippen molar-refractivity contribution in [2.24, 2.45) is 17.8 Å². The van der Waals surface area contributed by atoms with E-state index >= 15 is 0 Å². The number of para-hydroxylation sites is 1. The van der Waals surface area contributed by atoms with Crippen molar-refractivity contribution in [1.29, 1.82) is 0 Å². The van der Waals surface area contributed by atoms with E-state index in [0.29, 0.717) is 6.54 Å². The van der Waals surface area contributed by atoms with E-state index < -0.39 is 12.1 Å². The minimum absolute atomic E-state index is 0.0441. The maximum Gasteiger partial charge on any atom is 0.315 e. The number of anilines is 1. The predicted octanol–water partition coefficient (Wildman–Crippen LogP) is 3.56. The molecule has 0 spiro atoms. The van der Waals surface area contributed by atoms with Crippen LogP contribution in [0.3, 0.4) is 0 Å². The van der Waals surface area contributed by atoms with Gasteiger partial charge in [-0.15, -0.1) is 0 Å². The number of rotatable bonds is 6. The quantitative estimate of drug-likeness (QED) is 0.645. The van der Waals surface area contributed by atoms with Crippen LogP contribution < -0.4 is 15.5 Å². The van der Waals surface area contributed by atoms with Crippen LogP contribution in [0.5, 0.6) is 0 Å². The SMILES string of the molecule is C[C@H](OC(=O)CCNC(=O)NC12CC3CC(CC(C3)C1)C2)C(=O)N1CCCc2ccccc21. The average Bonchev–Trinajstić information content (AvgIpc) is 2.76. The molecule has 178 valence electrons. The van der Waals surface area contributed by atoms with Crippen LogP contribution in [0, 0.1) is 17.8 Å². The van der Waals surface area contributed by atoms with Crippen LogP contribution in [-0.4, -0.2) is 42.6 Å². The van der Waals surface area contributed by atoms with Gasteiger partial charge >= 0.3 is 12.0 Å². The van der Waals surface area contributed by atoms with Gasteiger partial charge in [0.25, 0.3) is 5.91 Å². The van der Waals surface area contributed by atoms with Gasteiger partial charge in [-0.25, -0.2) is 4.79 Å². The Kier molecular flexibility index (Phi) is 6.06. The summed E-state index contributed by atoms with van der Waals surface area (Å²) in [6.07, 6.45) is 8.29. The lowest BCUT2D eigenvalue weighted by atomic mass is 9.53. The van der Waals surface area contributed by atoms with Gasteiger partial charge in [0.1, 0.15) is 0 Å². The first-order valence-electron chi connectivity index (χ1n) is 12.6. The van der Waals surface area contributed by atoms with E-state index in [0.717, 1.165) is 61.1 Å². The normalized spacial score (nSPS) is 30.3. The van der Waals surface area contributed by atoms with Crippen LogP contribution in [0.1, 0.15) is 63.9 Å². The highest BCUT2D eigenvalue weighted by Crippen LogP contribution is 2.55. The highest BCUT2D eigenvalue weighted by atomic mass is 16.5. The number of nitrogens with zero attached hydrogens (tertiary/aromatic N) is 1. The third-order valence-electron chi connectivity index (χ3n) is 8.06. The summed E-state index contributed by atoms with van der Waals surface area (Å²) in [5, 5.41) is 6.07. The van der Waals surface area contributed by atoms with Gasteiger partial charge in [-0.2, -0.15) is 0 Å². The maximum absolute atomic E-state index is 12.9. The Morgan fingerprint density at radius 2 is 1.76 bits per heavy atom. The summed E-state index contributed by atoms with van der Waals surface area (Å²) in [6.45, 7) is 2.44. The van der Waals surface area contributed by atoms with Crippen LogP contribution in [0.15, 0.2) is 24.3 Å². The zero-order chi connectivity index (χ0) is 23.0. The minimum atomic E-state index is -0.857. The van der Waals surface area contributed by atoms with Crippen LogP contribution in [0.2, 0.25) is 0 Å². The lowest BCUT2D eigenvalue weighted by molar-refractivity contribution is -0.153. The number of urea groups is 1. The zero-order valence-electron chi connectivity index (χ0n) is 19.5. The summed E-state index contributed by atoms with van der Waals surface area (Å²) in [6, 6.07) is 7.67. The molecule has 4 saturated carbocycles. The largest absolute Gasteiger partial charge is 0.452 e. The summed E-state index contributed by atoms with van der Waals surface area (Å²) in [4.78, 5) is 39.5. The van der Waals surface area contributed by atoms with E-state index in [1.54, 1.807) is 11.8 Å². The smallest absolute Gasteiger partial charge is 0.315 e. The Balaban J connectivity index is 1.06. The molecular weight excluding hydrogens is 418 g/mol. The van der Waals surface area contributed by atoms with Gasteiger partial charge in [0, 0.05) is 24.3 Å². The summed E-state index contributed by atoms with van der Waals surface area (Å²) in [5.41, 5.74) is 2.00. The number of esters is 1. The molecule has 1 atom stereocenters. The monoisotopic (exact) mass is 453 g/mol. The molecule has 4 fully saturated rings. The molecule has 1 heterocycles. The van der Waals surface area contributed by atoms with E-state index in [1.807, 2.05) is 24.3 Å². The van der Waals surface area contributed by atoms with E-state index in [1.165, 1.54) is 19.3 Å². The number of nitrogens with one attached hydrogen (secondary N) is 2. The number of hydrogen-bond acceptors (Lipinski definition) is 4. The van der Waals surface area contributed by atoms with Gasteiger partial charge < -0.3 is 20.3 Å². The number of amides is 3. The third kappa shape index (κ3) is 4.73. The van der Waals surface area contributed by atoms with Crippen molar-refractivity contribution < 1.29 is 19.1 Å². The second-order valence-electron chi connectivity index (χ2n) is 10.7. The molecule has 7 nitrogen and oxygen atoms in total. The highest BCUT2D eigenvalue weighted by Gasteiger charge is 2.51. The molecule has 2 N–H and O–H groups in total. The van der Waals surface area contributed by atoms with E-state index in [9.17, 15) is 14.4 Å². The zero-order valence-corrected chi connectivity index (χ0v) is 19.5. The molecule has 4 aliphatic carbocycles. The average molecular weight is 454 g/mol. The Hall–Kier alpha value is -2.57. The molecule has 0 aromatic heterocycles. The topological polar surface area (TPSA) is 87.7 Å². The lowest BCUT2D eigenvalue weighted by Crippen LogP contribution is -2.61. The van der Waals surface area contributed by atoms with Gasteiger partial charge in [-0.1, -0.05) is 18.2 Å².